The minimum atomic E-state index is 0.858. The first kappa shape index (κ1) is 17.6. The van der Waals surface area contributed by atoms with Crippen LogP contribution in [0.15, 0.2) is 42.5 Å². The Kier molecular flexibility index (Phi) is 5.47. The molecule has 0 atom stereocenters. The number of hydrogen-bond donors (Lipinski definition) is 1. The highest BCUT2D eigenvalue weighted by molar-refractivity contribution is 5.82. The summed E-state index contributed by atoms with van der Waals surface area (Å²) in [6.07, 6.45) is 4.85. The van der Waals surface area contributed by atoms with Gasteiger partial charge in [0.2, 0.25) is 0 Å². The van der Waals surface area contributed by atoms with E-state index >= 15 is 0 Å². The van der Waals surface area contributed by atoms with Crippen molar-refractivity contribution in [2.45, 2.75) is 33.6 Å². The molecule has 0 aliphatic carbocycles. The maximum absolute atomic E-state index is 3.39. The molecule has 2 heteroatoms. The summed E-state index contributed by atoms with van der Waals surface area (Å²) >= 11 is 0. The third-order valence-electron chi connectivity index (χ3n) is 5.31. The topological polar surface area (TPSA) is 15.3 Å². The molecule has 1 fully saturated rings. The molecule has 2 aromatic carbocycles. The summed E-state index contributed by atoms with van der Waals surface area (Å²) in [4.78, 5) is 2.52. The lowest BCUT2D eigenvalue weighted by Crippen LogP contribution is -2.32. The molecule has 0 unspecified atom stereocenters. The van der Waals surface area contributed by atoms with Gasteiger partial charge in [0.15, 0.2) is 0 Å². The van der Waals surface area contributed by atoms with E-state index in [9.17, 15) is 0 Å². The lowest BCUT2D eigenvalue weighted by atomic mass is 9.98. The Morgan fingerprint density at radius 1 is 1.08 bits per heavy atom. The molecule has 1 aliphatic rings. The molecule has 3 rings (SSSR count). The van der Waals surface area contributed by atoms with Crippen LogP contribution in [0.2, 0.25) is 0 Å². The zero-order valence-corrected chi connectivity index (χ0v) is 16.0. The fourth-order valence-electron chi connectivity index (χ4n) is 3.51. The summed E-state index contributed by atoms with van der Waals surface area (Å²) in [5.41, 5.74) is 7.64. The van der Waals surface area contributed by atoms with E-state index < -0.39 is 0 Å². The van der Waals surface area contributed by atoms with E-state index in [1.54, 1.807) is 0 Å². The third kappa shape index (κ3) is 4.25. The van der Waals surface area contributed by atoms with Crippen LogP contribution >= 0.6 is 0 Å². The maximum Gasteiger partial charge on any atom is 0.0418 e. The Balaban J connectivity index is 1.90. The molecule has 0 saturated carbocycles. The van der Waals surface area contributed by atoms with Gasteiger partial charge in [-0.2, -0.15) is 0 Å². The molecule has 1 aliphatic heterocycles. The second-order valence-electron chi connectivity index (χ2n) is 7.39. The predicted molar refractivity (Wildman–Crippen MR) is 110 cm³/mol. The van der Waals surface area contributed by atoms with Gasteiger partial charge in [-0.15, -0.1) is 0 Å². The molecule has 2 aromatic rings. The van der Waals surface area contributed by atoms with Crippen LogP contribution in [0.1, 0.15) is 42.0 Å². The van der Waals surface area contributed by atoms with Gasteiger partial charge in [0.25, 0.3) is 0 Å². The van der Waals surface area contributed by atoms with Gasteiger partial charge in [-0.1, -0.05) is 42.8 Å². The van der Waals surface area contributed by atoms with E-state index in [1.165, 1.54) is 59.6 Å². The quantitative estimate of drug-likeness (QED) is 0.768. The van der Waals surface area contributed by atoms with Crippen molar-refractivity contribution in [3.63, 3.8) is 0 Å². The number of aryl methyl sites for hydroxylation is 2. The van der Waals surface area contributed by atoms with Crippen molar-refractivity contribution in [1.82, 2.24) is 5.32 Å². The molecule has 25 heavy (non-hydrogen) atoms. The molecule has 0 aromatic heterocycles. The smallest absolute Gasteiger partial charge is 0.0418 e. The molecule has 0 amide bonds. The molecular formula is C23H30N2. The SMILES string of the molecule is CN/C(=C\c1cc(C)ccc1C)c1cccc(N2CCC(C)CC2)c1. The normalized spacial score (nSPS) is 16.2. The number of hydrogen-bond acceptors (Lipinski definition) is 2. The minimum Gasteiger partial charge on any atom is -0.388 e. The van der Waals surface area contributed by atoms with E-state index in [0.717, 1.165) is 5.92 Å². The van der Waals surface area contributed by atoms with Crippen LogP contribution < -0.4 is 10.2 Å². The van der Waals surface area contributed by atoms with E-state index in [-0.39, 0.29) is 0 Å². The fourth-order valence-corrected chi connectivity index (χ4v) is 3.51. The second kappa shape index (κ2) is 7.77. The molecule has 1 N–H and O–H groups in total. The number of nitrogens with one attached hydrogen (secondary N) is 1. The van der Waals surface area contributed by atoms with Crippen molar-refractivity contribution >= 4 is 17.5 Å². The van der Waals surface area contributed by atoms with E-state index in [4.69, 9.17) is 0 Å². The summed E-state index contributed by atoms with van der Waals surface area (Å²) in [5.74, 6) is 0.858. The van der Waals surface area contributed by atoms with Crippen molar-refractivity contribution in [2.24, 2.45) is 5.92 Å². The number of benzene rings is 2. The summed E-state index contributed by atoms with van der Waals surface area (Å²) in [6.45, 7) is 9.01. The van der Waals surface area contributed by atoms with Gasteiger partial charge in [-0.25, -0.2) is 0 Å². The number of anilines is 1. The number of rotatable bonds is 4. The Hall–Kier alpha value is -2.22. The van der Waals surface area contributed by atoms with Gasteiger partial charge in [0.05, 0.1) is 0 Å². The lowest BCUT2D eigenvalue weighted by Gasteiger charge is -2.32. The minimum absolute atomic E-state index is 0.858. The highest BCUT2D eigenvalue weighted by atomic mass is 15.1. The summed E-state index contributed by atoms with van der Waals surface area (Å²) in [7, 11) is 2.01. The predicted octanol–water partition coefficient (Wildman–Crippen LogP) is 5.26. The Morgan fingerprint density at radius 2 is 1.84 bits per heavy atom. The van der Waals surface area contributed by atoms with Crippen LogP contribution in [0.4, 0.5) is 5.69 Å². The molecule has 0 radical (unpaired) electrons. The first-order chi connectivity index (χ1) is 12.1. The van der Waals surface area contributed by atoms with Gasteiger partial charge in [0.1, 0.15) is 0 Å². The van der Waals surface area contributed by atoms with Gasteiger partial charge in [0, 0.05) is 31.5 Å². The Morgan fingerprint density at radius 3 is 2.56 bits per heavy atom. The highest BCUT2D eigenvalue weighted by Gasteiger charge is 2.16. The summed E-state index contributed by atoms with van der Waals surface area (Å²) in [5, 5.41) is 3.39. The van der Waals surface area contributed by atoms with Crippen LogP contribution in [0.25, 0.3) is 11.8 Å². The average molecular weight is 335 g/mol. The number of nitrogens with zero attached hydrogens (tertiary/aromatic N) is 1. The zero-order valence-electron chi connectivity index (χ0n) is 16.0. The fraction of sp³-hybridized carbons (Fsp3) is 0.391. The molecule has 1 heterocycles. The van der Waals surface area contributed by atoms with E-state index in [2.05, 4.69) is 79.5 Å². The molecule has 2 nitrogen and oxygen atoms in total. The monoisotopic (exact) mass is 334 g/mol. The average Bonchev–Trinajstić information content (AvgIpc) is 2.63. The molecule has 132 valence electrons. The van der Waals surface area contributed by atoms with Crippen LogP contribution in [0.3, 0.4) is 0 Å². The lowest BCUT2D eigenvalue weighted by molar-refractivity contribution is 0.438. The molecule has 0 bridgehead atoms. The van der Waals surface area contributed by atoms with E-state index in [1.807, 2.05) is 7.05 Å². The van der Waals surface area contributed by atoms with Crippen molar-refractivity contribution in [2.75, 3.05) is 25.0 Å². The molecule has 1 saturated heterocycles. The Labute approximate surface area is 152 Å². The zero-order chi connectivity index (χ0) is 17.8. The van der Waals surface area contributed by atoms with Gasteiger partial charge in [-0.05, 0) is 67.5 Å². The van der Waals surface area contributed by atoms with Crippen LogP contribution in [-0.4, -0.2) is 20.1 Å². The second-order valence-corrected chi connectivity index (χ2v) is 7.39. The van der Waals surface area contributed by atoms with Gasteiger partial charge >= 0.3 is 0 Å². The summed E-state index contributed by atoms with van der Waals surface area (Å²) in [6, 6.07) is 15.6. The molecule has 0 spiro atoms. The van der Waals surface area contributed by atoms with Gasteiger partial charge in [-0.3, -0.25) is 0 Å². The standard InChI is InChI=1S/C23H30N2/c1-17-10-12-25(13-11-17)22-7-5-6-20(15-22)23(24-4)16-21-14-18(2)8-9-19(21)3/h5-9,14-17,24H,10-13H2,1-4H3/b23-16-. The maximum atomic E-state index is 3.39. The number of piperidine rings is 1. The van der Waals surface area contributed by atoms with Crippen LogP contribution in [0, 0.1) is 19.8 Å². The van der Waals surface area contributed by atoms with E-state index in [0.29, 0.717) is 0 Å². The van der Waals surface area contributed by atoms with Crippen molar-refractivity contribution in [3.05, 3.63) is 64.7 Å². The van der Waals surface area contributed by atoms with Crippen molar-refractivity contribution in [3.8, 4) is 0 Å². The van der Waals surface area contributed by atoms with Crippen molar-refractivity contribution in [1.29, 1.82) is 0 Å². The van der Waals surface area contributed by atoms with Crippen molar-refractivity contribution < 1.29 is 0 Å². The van der Waals surface area contributed by atoms with Crippen LogP contribution in [0.5, 0.6) is 0 Å². The largest absolute Gasteiger partial charge is 0.388 e. The first-order valence-electron chi connectivity index (χ1n) is 9.39. The third-order valence-corrected chi connectivity index (χ3v) is 5.31. The molecular weight excluding hydrogens is 304 g/mol. The van der Waals surface area contributed by atoms with Crippen LogP contribution in [-0.2, 0) is 0 Å². The highest BCUT2D eigenvalue weighted by Crippen LogP contribution is 2.26. The first-order valence-corrected chi connectivity index (χ1v) is 9.39. The van der Waals surface area contributed by atoms with Gasteiger partial charge < -0.3 is 10.2 Å². The Bertz CT molecular complexity index is 752. The summed E-state index contributed by atoms with van der Waals surface area (Å²) < 4.78 is 0.